The van der Waals surface area contributed by atoms with Gasteiger partial charge in [0.2, 0.25) is 0 Å². The van der Waals surface area contributed by atoms with Gasteiger partial charge in [-0.1, -0.05) is 30.3 Å². The van der Waals surface area contributed by atoms with Gasteiger partial charge >= 0.3 is 12.1 Å². The maximum absolute atomic E-state index is 12.8. The van der Waals surface area contributed by atoms with Crippen LogP contribution in [0.4, 0.5) is 13.2 Å². The third-order valence-electron chi connectivity index (χ3n) is 2.05. The second-order valence-electron chi connectivity index (χ2n) is 3.87. The largest absolute Gasteiger partial charge is 0.462 e. The molecule has 1 atom stereocenters. The summed E-state index contributed by atoms with van der Waals surface area (Å²) < 4.78 is 43.1. The van der Waals surface area contributed by atoms with E-state index in [9.17, 15) is 18.0 Å². The molecule has 0 aliphatic carbocycles. The first-order chi connectivity index (χ1) is 7.82. The number of rotatable bonds is 3. The van der Waals surface area contributed by atoms with E-state index in [-0.39, 0.29) is 5.56 Å². The van der Waals surface area contributed by atoms with E-state index in [4.69, 9.17) is 0 Å². The van der Waals surface area contributed by atoms with Crippen molar-refractivity contribution in [3.63, 3.8) is 0 Å². The first-order valence-corrected chi connectivity index (χ1v) is 5.14. The first kappa shape index (κ1) is 13.5. The van der Waals surface area contributed by atoms with Crippen molar-refractivity contribution in [2.24, 2.45) is 0 Å². The molecule has 0 spiro atoms. The van der Waals surface area contributed by atoms with Crippen molar-refractivity contribution in [1.82, 2.24) is 0 Å². The summed E-state index contributed by atoms with van der Waals surface area (Å²) >= 11 is 0. The highest BCUT2D eigenvalue weighted by Gasteiger charge is 2.47. The smallest absolute Gasteiger partial charge is 0.406 e. The fourth-order valence-corrected chi connectivity index (χ4v) is 1.40. The van der Waals surface area contributed by atoms with Crippen LogP contribution in [0.2, 0.25) is 0 Å². The number of hydrogen-bond donors (Lipinski definition) is 0. The molecule has 0 radical (unpaired) electrons. The van der Waals surface area contributed by atoms with E-state index in [0.29, 0.717) is 0 Å². The lowest BCUT2D eigenvalue weighted by Gasteiger charge is -2.20. The Hall–Kier alpha value is -1.52. The molecule has 0 saturated heterocycles. The zero-order chi connectivity index (χ0) is 13.1. The van der Waals surface area contributed by atoms with Crippen LogP contribution in [0.15, 0.2) is 30.3 Å². The van der Waals surface area contributed by atoms with Crippen LogP contribution in [0.3, 0.4) is 0 Å². The van der Waals surface area contributed by atoms with E-state index in [0.717, 1.165) is 0 Å². The number of benzene rings is 1. The van der Waals surface area contributed by atoms with E-state index in [1.165, 1.54) is 38.1 Å². The third-order valence-corrected chi connectivity index (χ3v) is 2.05. The minimum absolute atomic E-state index is 0.106. The van der Waals surface area contributed by atoms with Crippen molar-refractivity contribution in [2.45, 2.75) is 32.0 Å². The number of carbonyl (C=O) groups is 1. The molecular weight excluding hydrogens is 233 g/mol. The van der Waals surface area contributed by atoms with Crippen LogP contribution in [0.25, 0.3) is 0 Å². The van der Waals surface area contributed by atoms with Crippen molar-refractivity contribution < 1.29 is 22.7 Å². The molecule has 0 aromatic heterocycles. The van der Waals surface area contributed by atoms with Gasteiger partial charge in [-0.25, -0.2) is 0 Å². The van der Waals surface area contributed by atoms with E-state index in [1.54, 1.807) is 6.07 Å². The average Bonchev–Trinajstić information content (AvgIpc) is 2.15. The molecule has 0 fully saturated rings. The predicted octanol–water partition coefficient (Wildman–Crippen LogP) is 3.28. The predicted molar refractivity (Wildman–Crippen MR) is 56.5 cm³/mol. The highest BCUT2D eigenvalue weighted by Crippen LogP contribution is 2.35. The van der Waals surface area contributed by atoms with Crippen LogP contribution in [0.5, 0.6) is 0 Å². The summed E-state index contributed by atoms with van der Waals surface area (Å²) in [5.74, 6) is -3.48. The standard InChI is InChI=1S/C12H13F3O2/c1-8(2)17-11(16)10(12(13,14)15)9-6-4-3-5-7-9/h3-8,10H,1-2H3. The van der Waals surface area contributed by atoms with Gasteiger partial charge in [-0.15, -0.1) is 0 Å². The molecule has 1 aromatic carbocycles. The number of esters is 1. The van der Waals surface area contributed by atoms with Crippen LogP contribution in [-0.2, 0) is 9.53 Å². The minimum Gasteiger partial charge on any atom is -0.462 e. The molecule has 0 heterocycles. The molecule has 0 saturated carbocycles. The SMILES string of the molecule is CC(C)OC(=O)C(c1ccccc1)C(F)(F)F. The second kappa shape index (κ2) is 5.21. The Bertz CT molecular complexity index is 371. The van der Waals surface area contributed by atoms with E-state index in [2.05, 4.69) is 4.74 Å². The lowest BCUT2D eigenvalue weighted by atomic mass is 9.99. The summed E-state index contributed by atoms with van der Waals surface area (Å²) in [5.41, 5.74) is -0.106. The molecule has 5 heteroatoms. The molecule has 94 valence electrons. The Morgan fingerprint density at radius 1 is 1.18 bits per heavy atom. The first-order valence-electron chi connectivity index (χ1n) is 5.14. The topological polar surface area (TPSA) is 26.3 Å². The Labute approximate surface area is 97.4 Å². The summed E-state index contributed by atoms with van der Waals surface area (Å²) in [4.78, 5) is 11.5. The van der Waals surface area contributed by atoms with Gasteiger partial charge in [0.05, 0.1) is 6.10 Å². The fraction of sp³-hybridized carbons (Fsp3) is 0.417. The molecule has 17 heavy (non-hydrogen) atoms. The monoisotopic (exact) mass is 246 g/mol. The zero-order valence-corrected chi connectivity index (χ0v) is 9.49. The molecule has 0 amide bonds. The zero-order valence-electron chi connectivity index (χ0n) is 9.49. The van der Waals surface area contributed by atoms with Crippen LogP contribution in [-0.4, -0.2) is 18.2 Å². The lowest BCUT2D eigenvalue weighted by molar-refractivity contribution is -0.183. The molecule has 0 aliphatic heterocycles. The number of halogens is 3. The Balaban J connectivity index is 3.02. The van der Waals surface area contributed by atoms with E-state index < -0.39 is 24.2 Å². The maximum atomic E-state index is 12.8. The van der Waals surface area contributed by atoms with Crippen molar-refractivity contribution in [1.29, 1.82) is 0 Å². The van der Waals surface area contributed by atoms with Crippen molar-refractivity contribution in [3.8, 4) is 0 Å². The molecule has 1 rings (SSSR count). The van der Waals surface area contributed by atoms with Crippen LogP contribution in [0, 0.1) is 0 Å². The van der Waals surface area contributed by atoms with Gasteiger partial charge in [-0.05, 0) is 19.4 Å². The molecule has 1 unspecified atom stereocenters. The maximum Gasteiger partial charge on any atom is 0.406 e. The van der Waals surface area contributed by atoms with Gasteiger partial charge in [0.15, 0.2) is 5.92 Å². The normalized spacial score (nSPS) is 13.5. The number of hydrogen-bond acceptors (Lipinski definition) is 2. The number of alkyl halides is 3. The van der Waals surface area contributed by atoms with Crippen molar-refractivity contribution in [3.05, 3.63) is 35.9 Å². The van der Waals surface area contributed by atoms with Gasteiger partial charge in [0.1, 0.15) is 0 Å². The molecular formula is C12H13F3O2. The van der Waals surface area contributed by atoms with E-state index >= 15 is 0 Å². The summed E-state index contributed by atoms with van der Waals surface area (Å²) in [6.07, 6.45) is -5.22. The number of carbonyl (C=O) groups excluding carboxylic acids is 1. The molecule has 0 bridgehead atoms. The van der Waals surface area contributed by atoms with Gasteiger partial charge < -0.3 is 4.74 Å². The summed E-state index contributed by atoms with van der Waals surface area (Å²) in [5, 5.41) is 0. The van der Waals surface area contributed by atoms with Gasteiger partial charge in [-0.3, -0.25) is 4.79 Å². The van der Waals surface area contributed by atoms with Crippen LogP contribution < -0.4 is 0 Å². The van der Waals surface area contributed by atoms with Gasteiger partial charge in [-0.2, -0.15) is 13.2 Å². The average molecular weight is 246 g/mol. The Morgan fingerprint density at radius 2 is 1.71 bits per heavy atom. The van der Waals surface area contributed by atoms with Crippen molar-refractivity contribution >= 4 is 5.97 Å². The minimum atomic E-state index is -4.65. The number of ether oxygens (including phenoxy) is 1. The Kier molecular flexibility index (Phi) is 4.15. The Morgan fingerprint density at radius 3 is 2.12 bits per heavy atom. The van der Waals surface area contributed by atoms with Gasteiger partial charge in [0.25, 0.3) is 0 Å². The third kappa shape index (κ3) is 3.76. The summed E-state index contributed by atoms with van der Waals surface area (Å²) in [7, 11) is 0. The van der Waals surface area contributed by atoms with E-state index in [1.807, 2.05) is 0 Å². The van der Waals surface area contributed by atoms with Crippen molar-refractivity contribution in [2.75, 3.05) is 0 Å². The fourth-order valence-electron chi connectivity index (χ4n) is 1.40. The highest BCUT2D eigenvalue weighted by atomic mass is 19.4. The van der Waals surface area contributed by atoms with Crippen LogP contribution >= 0.6 is 0 Å². The van der Waals surface area contributed by atoms with Gasteiger partial charge in [0, 0.05) is 0 Å². The summed E-state index contributed by atoms with van der Waals surface area (Å²) in [6, 6.07) is 7.03. The second-order valence-corrected chi connectivity index (χ2v) is 3.87. The molecule has 0 N–H and O–H groups in total. The quantitative estimate of drug-likeness (QED) is 0.765. The highest BCUT2D eigenvalue weighted by molar-refractivity contribution is 5.79. The van der Waals surface area contributed by atoms with Crippen LogP contribution in [0.1, 0.15) is 25.3 Å². The lowest BCUT2D eigenvalue weighted by Crippen LogP contribution is -2.31. The molecule has 1 aromatic rings. The molecule has 0 aliphatic rings. The summed E-state index contributed by atoms with van der Waals surface area (Å²) in [6.45, 7) is 3.02. The molecule has 2 nitrogen and oxygen atoms in total.